The van der Waals surface area contributed by atoms with Gasteiger partial charge in [0.05, 0.1) is 36.7 Å². The fourth-order valence-electron chi connectivity index (χ4n) is 1.59. The molecule has 0 radical (unpaired) electrons. The summed E-state index contributed by atoms with van der Waals surface area (Å²) in [6.45, 7) is 1.88. The van der Waals surface area contributed by atoms with Crippen LogP contribution >= 0.6 is 0 Å². The van der Waals surface area contributed by atoms with Crippen LogP contribution in [-0.4, -0.2) is 30.7 Å². The maximum absolute atomic E-state index is 11.2. The van der Waals surface area contributed by atoms with Crippen molar-refractivity contribution in [2.75, 3.05) is 20.8 Å². The van der Waals surface area contributed by atoms with Crippen LogP contribution in [0.2, 0.25) is 0 Å². The lowest BCUT2D eigenvalue weighted by Crippen LogP contribution is -2.06. The summed E-state index contributed by atoms with van der Waals surface area (Å²) >= 11 is 0. The molecule has 0 aliphatic carbocycles. The van der Waals surface area contributed by atoms with Gasteiger partial charge in [0, 0.05) is 0 Å². The lowest BCUT2D eigenvalue weighted by Gasteiger charge is -2.12. The molecule has 0 bridgehead atoms. The van der Waals surface area contributed by atoms with Crippen LogP contribution in [0.5, 0.6) is 17.2 Å². The summed E-state index contributed by atoms with van der Waals surface area (Å²) < 4.78 is 15.0. The molecule has 20 heavy (non-hydrogen) atoms. The number of nitro groups is 2. The molecule has 0 aliphatic heterocycles. The van der Waals surface area contributed by atoms with Gasteiger partial charge in [0.15, 0.2) is 5.75 Å². The normalized spacial score (nSPS) is 9.95. The number of benzene rings is 1. The van der Waals surface area contributed by atoms with Gasteiger partial charge >= 0.3 is 11.4 Å². The summed E-state index contributed by atoms with van der Waals surface area (Å²) in [4.78, 5) is 20.7. The van der Waals surface area contributed by atoms with Crippen molar-refractivity contribution in [3.8, 4) is 17.2 Å². The van der Waals surface area contributed by atoms with Crippen LogP contribution in [0.15, 0.2) is 6.07 Å². The molecule has 0 fully saturated rings. The van der Waals surface area contributed by atoms with E-state index >= 15 is 0 Å². The summed E-state index contributed by atoms with van der Waals surface area (Å²) in [7, 11) is 2.44. The highest BCUT2D eigenvalue weighted by Gasteiger charge is 2.35. The Morgan fingerprint density at radius 1 is 1.10 bits per heavy atom. The third kappa shape index (κ3) is 2.87. The van der Waals surface area contributed by atoms with E-state index in [1.54, 1.807) is 6.92 Å². The number of nitrogens with zero attached hydrogens (tertiary/aromatic N) is 2. The Morgan fingerprint density at radius 2 is 1.75 bits per heavy atom. The maximum Gasteiger partial charge on any atom is 0.363 e. The molecule has 0 spiro atoms. The standard InChI is InChI=1S/C11H14N2O7/c1-4-5-20-10-7(12(14)15)6-8(18-2)11(19-3)9(10)13(16)17/h6H,4-5H2,1-3H3. The van der Waals surface area contributed by atoms with Crippen LogP contribution in [0.25, 0.3) is 0 Å². The van der Waals surface area contributed by atoms with E-state index in [4.69, 9.17) is 14.2 Å². The molecule has 1 aromatic carbocycles. The fraction of sp³-hybridized carbons (Fsp3) is 0.455. The second kappa shape index (κ2) is 6.55. The molecule has 9 nitrogen and oxygen atoms in total. The topological polar surface area (TPSA) is 114 Å². The maximum atomic E-state index is 11.2. The van der Waals surface area contributed by atoms with E-state index in [9.17, 15) is 20.2 Å². The molecule has 0 amide bonds. The Morgan fingerprint density at radius 3 is 2.15 bits per heavy atom. The van der Waals surface area contributed by atoms with Crippen molar-refractivity contribution in [2.45, 2.75) is 13.3 Å². The molecule has 0 aliphatic rings. The highest BCUT2D eigenvalue weighted by molar-refractivity contribution is 5.72. The first-order valence-electron chi connectivity index (χ1n) is 5.68. The van der Waals surface area contributed by atoms with Gasteiger partial charge in [-0.3, -0.25) is 20.2 Å². The van der Waals surface area contributed by atoms with Crippen molar-refractivity contribution in [1.82, 2.24) is 0 Å². The Labute approximate surface area is 114 Å². The van der Waals surface area contributed by atoms with Crippen LogP contribution in [0.4, 0.5) is 11.4 Å². The molecule has 0 saturated carbocycles. The molecule has 9 heteroatoms. The third-order valence-corrected chi connectivity index (χ3v) is 2.41. The van der Waals surface area contributed by atoms with Gasteiger partial charge in [0.1, 0.15) is 0 Å². The highest BCUT2D eigenvalue weighted by atomic mass is 16.6. The molecule has 0 unspecified atom stereocenters. The predicted molar refractivity (Wildman–Crippen MR) is 68.6 cm³/mol. The Kier molecular flexibility index (Phi) is 5.07. The number of nitro benzene ring substituents is 2. The second-order valence-electron chi connectivity index (χ2n) is 3.67. The van der Waals surface area contributed by atoms with Crippen LogP contribution < -0.4 is 14.2 Å². The van der Waals surface area contributed by atoms with Gasteiger partial charge in [-0.2, -0.15) is 0 Å². The number of hydrogen-bond acceptors (Lipinski definition) is 7. The van der Waals surface area contributed by atoms with Gasteiger partial charge in [0.25, 0.3) is 5.75 Å². The molecule has 1 aromatic rings. The Balaban J connectivity index is 3.64. The van der Waals surface area contributed by atoms with E-state index in [0.29, 0.717) is 6.42 Å². The summed E-state index contributed by atoms with van der Waals surface area (Å²) in [6, 6.07) is 1.04. The molecule has 0 N–H and O–H groups in total. The zero-order chi connectivity index (χ0) is 15.3. The average Bonchev–Trinajstić information content (AvgIpc) is 2.42. The Bertz CT molecular complexity index is 530. The highest BCUT2D eigenvalue weighted by Crippen LogP contribution is 2.49. The number of methoxy groups -OCH3 is 2. The molecule has 0 heterocycles. The van der Waals surface area contributed by atoms with Crippen LogP contribution in [0.1, 0.15) is 13.3 Å². The minimum atomic E-state index is -0.792. The van der Waals surface area contributed by atoms with Gasteiger partial charge in [-0.15, -0.1) is 0 Å². The molecular weight excluding hydrogens is 272 g/mol. The summed E-state index contributed by atoms with van der Waals surface area (Å²) in [5.74, 6) is -0.747. The SMILES string of the molecule is CCCOc1c([N+](=O)[O-])cc(OC)c(OC)c1[N+](=O)[O-]. The summed E-state index contributed by atoms with van der Waals surface area (Å²) in [5.41, 5.74) is -1.16. The van der Waals surface area contributed by atoms with Gasteiger partial charge in [0.2, 0.25) is 5.75 Å². The van der Waals surface area contributed by atoms with Gasteiger partial charge in [-0.1, -0.05) is 6.92 Å². The van der Waals surface area contributed by atoms with Crippen molar-refractivity contribution in [3.63, 3.8) is 0 Å². The monoisotopic (exact) mass is 286 g/mol. The van der Waals surface area contributed by atoms with Crippen molar-refractivity contribution in [3.05, 3.63) is 26.3 Å². The molecule has 110 valence electrons. The van der Waals surface area contributed by atoms with E-state index in [1.807, 2.05) is 0 Å². The lowest BCUT2D eigenvalue weighted by molar-refractivity contribution is -0.396. The molecule has 0 atom stereocenters. The quantitative estimate of drug-likeness (QED) is 0.558. The average molecular weight is 286 g/mol. The molecular formula is C11H14N2O7. The van der Waals surface area contributed by atoms with Crippen molar-refractivity contribution in [2.24, 2.45) is 0 Å². The van der Waals surface area contributed by atoms with Crippen molar-refractivity contribution in [1.29, 1.82) is 0 Å². The first-order valence-corrected chi connectivity index (χ1v) is 5.68. The van der Waals surface area contributed by atoms with E-state index < -0.39 is 27.0 Å². The first kappa shape index (κ1) is 15.5. The van der Waals surface area contributed by atoms with E-state index in [1.165, 1.54) is 14.2 Å². The lowest BCUT2D eigenvalue weighted by atomic mass is 10.2. The number of hydrogen-bond donors (Lipinski definition) is 0. The zero-order valence-corrected chi connectivity index (χ0v) is 11.2. The smallest absolute Gasteiger partial charge is 0.363 e. The Hall–Kier alpha value is -2.58. The summed E-state index contributed by atoms with van der Waals surface area (Å²) in [5, 5.41) is 22.2. The number of ether oxygens (including phenoxy) is 3. The minimum Gasteiger partial charge on any atom is -0.492 e. The van der Waals surface area contributed by atoms with Gasteiger partial charge < -0.3 is 14.2 Å². The minimum absolute atomic E-state index is 0.102. The van der Waals surface area contributed by atoms with E-state index in [2.05, 4.69) is 0 Å². The van der Waals surface area contributed by atoms with Crippen LogP contribution in [0, 0.1) is 20.2 Å². The van der Waals surface area contributed by atoms with Gasteiger partial charge in [-0.05, 0) is 6.42 Å². The third-order valence-electron chi connectivity index (χ3n) is 2.41. The van der Waals surface area contributed by atoms with E-state index in [0.717, 1.165) is 6.07 Å². The number of rotatable bonds is 7. The predicted octanol–water partition coefficient (Wildman–Crippen LogP) is 2.31. The second-order valence-corrected chi connectivity index (χ2v) is 3.67. The molecule has 0 saturated heterocycles. The largest absolute Gasteiger partial charge is 0.492 e. The molecule has 1 rings (SSSR count). The zero-order valence-electron chi connectivity index (χ0n) is 11.2. The van der Waals surface area contributed by atoms with Crippen molar-refractivity contribution >= 4 is 11.4 Å². The summed E-state index contributed by atoms with van der Waals surface area (Å²) in [6.07, 6.45) is 0.544. The first-order chi connectivity index (χ1) is 9.47. The van der Waals surface area contributed by atoms with Gasteiger partial charge in [-0.25, -0.2) is 0 Å². The van der Waals surface area contributed by atoms with Crippen LogP contribution in [-0.2, 0) is 0 Å². The fourth-order valence-corrected chi connectivity index (χ4v) is 1.59. The van der Waals surface area contributed by atoms with Crippen molar-refractivity contribution < 1.29 is 24.1 Å². The van der Waals surface area contributed by atoms with E-state index in [-0.39, 0.29) is 18.1 Å². The van der Waals surface area contributed by atoms with Crippen LogP contribution in [0.3, 0.4) is 0 Å². The molecule has 0 aromatic heterocycles.